The van der Waals surface area contributed by atoms with Gasteiger partial charge in [-0.25, -0.2) is 4.68 Å². The highest BCUT2D eigenvalue weighted by Gasteiger charge is 2.31. The van der Waals surface area contributed by atoms with E-state index in [4.69, 9.17) is 0 Å². The van der Waals surface area contributed by atoms with Crippen molar-refractivity contribution in [3.05, 3.63) is 82.1 Å². The number of amides is 1. The van der Waals surface area contributed by atoms with Gasteiger partial charge in [0.15, 0.2) is 0 Å². The highest BCUT2D eigenvalue weighted by Crippen LogP contribution is 2.31. The van der Waals surface area contributed by atoms with Gasteiger partial charge in [-0.3, -0.25) is 4.79 Å². The van der Waals surface area contributed by atoms with Gasteiger partial charge in [0, 0.05) is 0 Å². The fraction of sp³-hybridized carbons (Fsp3) is 0.158. The van der Waals surface area contributed by atoms with Crippen molar-refractivity contribution < 1.29 is 18.0 Å². The Balaban J connectivity index is 1.79. The van der Waals surface area contributed by atoms with Crippen LogP contribution in [0.1, 0.15) is 34.5 Å². The van der Waals surface area contributed by atoms with Crippen LogP contribution in [0.3, 0.4) is 0 Å². The second-order valence-corrected chi connectivity index (χ2v) is 6.67. The lowest BCUT2D eigenvalue weighted by atomic mass is 10.0. The van der Waals surface area contributed by atoms with E-state index in [1.165, 1.54) is 12.3 Å². The molecular formula is C19H15BrF3N3O. The molecule has 0 saturated heterocycles. The van der Waals surface area contributed by atoms with Crippen molar-refractivity contribution in [2.24, 2.45) is 0 Å². The molecule has 1 aromatic heterocycles. The molecule has 1 amide bonds. The molecule has 1 N–H and O–H groups in total. The molecule has 0 fully saturated rings. The van der Waals surface area contributed by atoms with Crippen LogP contribution >= 0.6 is 15.9 Å². The number of hydrogen-bond acceptors (Lipinski definition) is 2. The van der Waals surface area contributed by atoms with Crippen molar-refractivity contribution in [1.82, 2.24) is 15.1 Å². The van der Waals surface area contributed by atoms with Crippen molar-refractivity contribution in [3.8, 4) is 5.69 Å². The third-order valence-electron chi connectivity index (χ3n) is 4.02. The normalized spacial score (nSPS) is 12.6. The zero-order chi connectivity index (χ0) is 19.6. The number of hydrogen-bond donors (Lipinski definition) is 1. The SMILES string of the molecule is C[C@H](NC(=O)c1cnn(-c2ccccc2)c1Br)c1cccc(C(F)(F)F)c1. The number of alkyl halides is 3. The minimum atomic E-state index is -4.43. The number of carbonyl (C=O) groups is 1. The minimum Gasteiger partial charge on any atom is -0.345 e. The summed E-state index contributed by atoms with van der Waals surface area (Å²) in [6, 6.07) is 13.5. The van der Waals surface area contributed by atoms with Gasteiger partial charge in [0.25, 0.3) is 5.91 Å². The molecule has 27 heavy (non-hydrogen) atoms. The lowest BCUT2D eigenvalue weighted by molar-refractivity contribution is -0.137. The van der Waals surface area contributed by atoms with Crippen LogP contribution < -0.4 is 5.32 Å². The molecule has 0 aliphatic heterocycles. The van der Waals surface area contributed by atoms with Gasteiger partial charge in [-0.05, 0) is 52.7 Å². The lowest BCUT2D eigenvalue weighted by Gasteiger charge is -2.16. The van der Waals surface area contributed by atoms with Crippen LogP contribution in [0.4, 0.5) is 13.2 Å². The Hall–Kier alpha value is -2.61. The third-order valence-corrected chi connectivity index (χ3v) is 4.78. The molecule has 3 rings (SSSR count). The van der Waals surface area contributed by atoms with Crippen molar-refractivity contribution >= 4 is 21.8 Å². The summed E-state index contributed by atoms with van der Waals surface area (Å²) in [5, 5.41) is 6.90. The molecule has 0 aliphatic carbocycles. The van der Waals surface area contributed by atoms with Crippen molar-refractivity contribution in [1.29, 1.82) is 0 Å². The van der Waals surface area contributed by atoms with E-state index in [-0.39, 0.29) is 5.56 Å². The van der Waals surface area contributed by atoms with Crippen LogP contribution in [-0.4, -0.2) is 15.7 Å². The average Bonchev–Trinajstić information content (AvgIpc) is 3.03. The summed E-state index contributed by atoms with van der Waals surface area (Å²) in [5.41, 5.74) is 0.677. The first-order chi connectivity index (χ1) is 12.8. The number of carbonyl (C=O) groups excluding carboxylic acids is 1. The van der Waals surface area contributed by atoms with Crippen molar-refractivity contribution in [3.63, 3.8) is 0 Å². The number of nitrogens with one attached hydrogen (secondary N) is 1. The molecule has 0 unspecified atom stereocenters. The fourth-order valence-corrected chi connectivity index (χ4v) is 3.16. The van der Waals surface area contributed by atoms with Gasteiger partial charge in [-0.2, -0.15) is 18.3 Å². The number of nitrogens with zero attached hydrogens (tertiary/aromatic N) is 2. The second-order valence-electron chi connectivity index (χ2n) is 5.91. The van der Waals surface area contributed by atoms with Crippen LogP contribution in [-0.2, 0) is 6.18 Å². The van der Waals surface area contributed by atoms with Crippen molar-refractivity contribution in [2.45, 2.75) is 19.1 Å². The van der Waals surface area contributed by atoms with E-state index < -0.39 is 23.7 Å². The van der Waals surface area contributed by atoms with Gasteiger partial charge in [0.2, 0.25) is 0 Å². The maximum atomic E-state index is 12.9. The van der Waals surface area contributed by atoms with Gasteiger partial charge in [-0.15, -0.1) is 0 Å². The van der Waals surface area contributed by atoms with Gasteiger partial charge in [-0.1, -0.05) is 30.3 Å². The van der Waals surface area contributed by atoms with Gasteiger partial charge in [0.05, 0.1) is 29.1 Å². The molecule has 0 aliphatic rings. The quantitative estimate of drug-likeness (QED) is 0.613. The Morgan fingerprint density at radius 1 is 1.15 bits per heavy atom. The summed E-state index contributed by atoms with van der Waals surface area (Å²) in [5.74, 6) is -0.436. The van der Waals surface area contributed by atoms with Crippen LogP contribution in [0.15, 0.2) is 65.4 Å². The molecule has 3 aromatic rings. The molecule has 8 heteroatoms. The Labute approximate surface area is 162 Å². The molecular weight excluding hydrogens is 423 g/mol. The number of rotatable bonds is 4. The predicted molar refractivity (Wildman–Crippen MR) is 98.6 cm³/mol. The van der Waals surface area contributed by atoms with Crippen LogP contribution in [0.5, 0.6) is 0 Å². The first-order valence-corrected chi connectivity index (χ1v) is 8.83. The Morgan fingerprint density at radius 3 is 2.52 bits per heavy atom. The van der Waals surface area contributed by atoms with Crippen LogP contribution in [0, 0.1) is 0 Å². The van der Waals surface area contributed by atoms with E-state index in [1.807, 2.05) is 30.3 Å². The lowest BCUT2D eigenvalue weighted by Crippen LogP contribution is -2.27. The van der Waals surface area contributed by atoms with E-state index in [9.17, 15) is 18.0 Å². The standard InChI is InChI=1S/C19H15BrF3N3O/c1-12(13-6-5-7-14(10-13)19(21,22)23)25-18(27)16-11-24-26(17(16)20)15-8-3-2-4-9-15/h2-12H,1H3,(H,25,27)/t12-/m0/s1. The zero-order valence-corrected chi connectivity index (χ0v) is 15.8. The summed E-state index contributed by atoms with van der Waals surface area (Å²) in [4.78, 5) is 12.6. The largest absolute Gasteiger partial charge is 0.416 e. The second kappa shape index (κ2) is 7.56. The first-order valence-electron chi connectivity index (χ1n) is 8.04. The fourth-order valence-electron chi connectivity index (χ4n) is 2.58. The summed E-state index contributed by atoms with van der Waals surface area (Å²) in [6.45, 7) is 1.63. The number of benzene rings is 2. The Bertz CT molecular complexity index is 954. The zero-order valence-electron chi connectivity index (χ0n) is 14.2. The highest BCUT2D eigenvalue weighted by molar-refractivity contribution is 9.10. The molecule has 0 saturated carbocycles. The van der Waals surface area contributed by atoms with Crippen LogP contribution in [0.25, 0.3) is 5.69 Å². The maximum absolute atomic E-state index is 12.9. The molecule has 0 spiro atoms. The Kier molecular flexibility index (Phi) is 5.36. The topological polar surface area (TPSA) is 46.9 Å². The van der Waals surface area contributed by atoms with Crippen LogP contribution in [0.2, 0.25) is 0 Å². The molecule has 1 heterocycles. The average molecular weight is 438 g/mol. The van der Waals surface area contributed by atoms with E-state index in [0.29, 0.717) is 10.2 Å². The van der Waals surface area contributed by atoms with Crippen molar-refractivity contribution in [2.75, 3.05) is 0 Å². The number of para-hydroxylation sites is 1. The Morgan fingerprint density at radius 2 is 1.85 bits per heavy atom. The summed E-state index contributed by atoms with van der Waals surface area (Å²) in [7, 11) is 0. The van der Waals surface area contributed by atoms with Gasteiger partial charge < -0.3 is 5.32 Å². The first kappa shape index (κ1) is 19.2. The smallest absolute Gasteiger partial charge is 0.345 e. The highest BCUT2D eigenvalue weighted by atomic mass is 79.9. The molecule has 4 nitrogen and oxygen atoms in total. The van der Waals surface area contributed by atoms with E-state index >= 15 is 0 Å². The minimum absolute atomic E-state index is 0.290. The molecule has 0 radical (unpaired) electrons. The molecule has 0 bridgehead atoms. The summed E-state index contributed by atoms with van der Waals surface area (Å²) < 4.78 is 40.6. The van der Waals surface area contributed by atoms with Gasteiger partial charge >= 0.3 is 6.18 Å². The third kappa shape index (κ3) is 4.21. The van der Waals surface area contributed by atoms with E-state index in [2.05, 4.69) is 26.3 Å². The molecule has 1 atom stereocenters. The number of halogens is 4. The summed E-state index contributed by atoms with van der Waals surface area (Å²) >= 11 is 3.36. The van der Waals surface area contributed by atoms with E-state index in [1.54, 1.807) is 17.7 Å². The predicted octanol–water partition coefficient (Wildman–Crippen LogP) is 5.14. The molecule has 140 valence electrons. The molecule has 2 aromatic carbocycles. The number of aromatic nitrogens is 2. The van der Waals surface area contributed by atoms with Gasteiger partial charge in [0.1, 0.15) is 4.60 Å². The van der Waals surface area contributed by atoms with E-state index in [0.717, 1.165) is 17.8 Å². The monoisotopic (exact) mass is 437 g/mol. The maximum Gasteiger partial charge on any atom is 0.416 e. The summed E-state index contributed by atoms with van der Waals surface area (Å²) in [6.07, 6.45) is -3.02.